The predicted octanol–water partition coefficient (Wildman–Crippen LogP) is 3.26. The summed E-state index contributed by atoms with van der Waals surface area (Å²) in [4.78, 5) is 14.1. The summed E-state index contributed by atoms with van der Waals surface area (Å²) < 4.78 is 0. The van der Waals surface area contributed by atoms with Crippen molar-refractivity contribution in [2.45, 2.75) is 12.8 Å². The van der Waals surface area contributed by atoms with Gasteiger partial charge in [-0.25, -0.2) is 0 Å². The Labute approximate surface area is 125 Å². The van der Waals surface area contributed by atoms with Gasteiger partial charge in [0.25, 0.3) is 5.91 Å². The van der Waals surface area contributed by atoms with Crippen molar-refractivity contribution in [3.8, 4) is 6.07 Å². The Kier molecular flexibility index (Phi) is 5.11. The Morgan fingerprint density at radius 1 is 1.10 bits per heavy atom. The van der Waals surface area contributed by atoms with E-state index < -0.39 is 0 Å². The van der Waals surface area contributed by atoms with Crippen LogP contribution >= 0.6 is 0 Å². The number of nitrogens with zero attached hydrogens (tertiary/aromatic N) is 2. The van der Waals surface area contributed by atoms with E-state index in [1.165, 1.54) is 5.56 Å². The van der Waals surface area contributed by atoms with Crippen LogP contribution in [0.4, 0.5) is 0 Å². The third-order valence-corrected chi connectivity index (χ3v) is 3.39. The van der Waals surface area contributed by atoms with Crippen molar-refractivity contribution in [3.63, 3.8) is 0 Å². The van der Waals surface area contributed by atoms with Gasteiger partial charge in [0, 0.05) is 19.2 Å². The normalized spacial score (nSPS) is 9.90. The highest BCUT2D eigenvalue weighted by atomic mass is 16.2. The Bertz CT molecular complexity index is 644. The zero-order valence-electron chi connectivity index (χ0n) is 12.1. The average Bonchev–Trinajstić information content (AvgIpc) is 2.53. The lowest BCUT2D eigenvalue weighted by molar-refractivity contribution is 0.0797. The molecule has 0 radical (unpaired) electrons. The van der Waals surface area contributed by atoms with E-state index in [0.717, 1.165) is 12.0 Å². The molecule has 3 heteroatoms. The van der Waals surface area contributed by atoms with Gasteiger partial charge in [-0.1, -0.05) is 48.5 Å². The second kappa shape index (κ2) is 7.25. The van der Waals surface area contributed by atoms with Crippen molar-refractivity contribution >= 4 is 5.91 Å². The van der Waals surface area contributed by atoms with Gasteiger partial charge in [0.15, 0.2) is 0 Å². The molecule has 0 aliphatic heterocycles. The minimum atomic E-state index is -0.0308. The summed E-state index contributed by atoms with van der Waals surface area (Å²) in [6, 6.07) is 19.8. The molecule has 2 rings (SSSR count). The molecule has 0 saturated heterocycles. The van der Waals surface area contributed by atoms with Crippen LogP contribution in [0.3, 0.4) is 0 Å². The van der Waals surface area contributed by atoms with Crippen LogP contribution in [0.15, 0.2) is 54.6 Å². The van der Waals surface area contributed by atoms with Gasteiger partial charge in [-0.05, 0) is 23.6 Å². The van der Waals surface area contributed by atoms with Crippen LogP contribution in [0.5, 0.6) is 0 Å². The molecule has 0 heterocycles. The minimum absolute atomic E-state index is 0.0308. The maximum Gasteiger partial charge on any atom is 0.253 e. The van der Waals surface area contributed by atoms with Crippen molar-refractivity contribution < 1.29 is 4.79 Å². The lowest BCUT2D eigenvalue weighted by Crippen LogP contribution is -2.28. The first kappa shape index (κ1) is 14.8. The molecule has 0 spiro atoms. The highest BCUT2D eigenvalue weighted by Crippen LogP contribution is 2.16. The topological polar surface area (TPSA) is 44.1 Å². The Morgan fingerprint density at radius 2 is 1.76 bits per heavy atom. The smallest absolute Gasteiger partial charge is 0.253 e. The first-order valence-electron chi connectivity index (χ1n) is 6.96. The summed E-state index contributed by atoms with van der Waals surface area (Å²) in [6.07, 6.45) is 1.08. The quantitative estimate of drug-likeness (QED) is 0.842. The molecule has 0 saturated carbocycles. The van der Waals surface area contributed by atoms with Gasteiger partial charge < -0.3 is 4.90 Å². The maximum absolute atomic E-state index is 12.5. The number of carbonyl (C=O) groups is 1. The molecule has 2 aromatic rings. The van der Waals surface area contributed by atoms with E-state index >= 15 is 0 Å². The van der Waals surface area contributed by atoms with E-state index in [2.05, 4.69) is 18.2 Å². The molecule has 0 aromatic heterocycles. The molecule has 0 aliphatic carbocycles. The molecule has 21 heavy (non-hydrogen) atoms. The number of benzene rings is 2. The molecule has 1 amide bonds. The van der Waals surface area contributed by atoms with Crippen LogP contribution < -0.4 is 0 Å². The molecule has 0 N–H and O–H groups in total. The third-order valence-electron chi connectivity index (χ3n) is 3.39. The highest BCUT2D eigenvalue weighted by molar-refractivity contribution is 5.95. The summed E-state index contributed by atoms with van der Waals surface area (Å²) in [6.45, 7) is 0.453. The maximum atomic E-state index is 12.5. The molecule has 2 aromatic carbocycles. The predicted molar refractivity (Wildman–Crippen MR) is 82.9 cm³/mol. The zero-order valence-corrected chi connectivity index (χ0v) is 12.1. The first-order valence-corrected chi connectivity index (χ1v) is 6.96. The van der Waals surface area contributed by atoms with E-state index in [4.69, 9.17) is 5.26 Å². The summed E-state index contributed by atoms with van der Waals surface area (Å²) in [5.41, 5.74) is 2.90. The van der Waals surface area contributed by atoms with Crippen molar-refractivity contribution in [3.05, 3.63) is 71.3 Å². The fraction of sp³-hybridized carbons (Fsp3) is 0.222. The molecule has 106 valence electrons. The SMILES string of the molecule is CN(CCC#N)C(=O)c1ccccc1Cc1ccccc1. The second-order valence-corrected chi connectivity index (χ2v) is 4.95. The van der Waals surface area contributed by atoms with Crippen molar-refractivity contribution in [1.29, 1.82) is 5.26 Å². The Morgan fingerprint density at radius 3 is 2.48 bits per heavy atom. The van der Waals surface area contributed by atoms with Gasteiger partial charge >= 0.3 is 0 Å². The van der Waals surface area contributed by atoms with E-state index in [9.17, 15) is 4.79 Å². The third kappa shape index (κ3) is 3.93. The molecule has 3 nitrogen and oxygen atoms in total. The highest BCUT2D eigenvalue weighted by Gasteiger charge is 2.15. The molecular weight excluding hydrogens is 260 g/mol. The number of hydrogen-bond donors (Lipinski definition) is 0. The lowest BCUT2D eigenvalue weighted by atomic mass is 9.99. The number of amides is 1. The van der Waals surface area contributed by atoms with Crippen LogP contribution in [0.1, 0.15) is 27.9 Å². The van der Waals surface area contributed by atoms with Crippen molar-refractivity contribution in [1.82, 2.24) is 4.90 Å². The summed E-state index contributed by atoms with van der Waals surface area (Å²) >= 11 is 0. The minimum Gasteiger partial charge on any atom is -0.341 e. The van der Waals surface area contributed by atoms with Gasteiger partial charge in [-0.15, -0.1) is 0 Å². The molecular formula is C18H18N2O. The summed E-state index contributed by atoms with van der Waals surface area (Å²) in [7, 11) is 1.74. The van der Waals surface area contributed by atoms with Crippen LogP contribution in [0.25, 0.3) is 0 Å². The number of nitriles is 1. The fourth-order valence-corrected chi connectivity index (χ4v) is 2.22. The lowest BCUT2D eigenvalue weighted by Gasteiger charge is -2.17. The zero-order chi connectivity index (χ0) is 15.1. The molecule has 0 fully saturated rings. The Balaban J connectivity index is 2.21. The van der Waals surface area contributed by atoms with Crippen molar-refractivity contribution in [2.75, 3.05) is 13.6 Å². The average molecular weight is 278 g/mol. The van der Waals surface area contributed by atoms with Crippen LogP contribution in [-0.4, -0.2) is 24.4 Å². The van der Waals surface area contributed by atoms with Crippen molar-refractivity contribution in [2.24, 2.45) is 0 Å². The van der Waals surface area contributed by atoms with Crippen LogP contribution in [-0.2, 0) is 6.42 Å². The Hall–Kier alpha value is -2.60. The molecule has 0 unspecified atom stereocenters. The fourth-order valence-electron chi connectivity index (χ4n) is 2.22. The number of rotatable bonds is 5. The number of carbonyl (C=O) groups excluding carboxylic acids is 1. The van der Waals surface area contributed by atoms with Gasteiger partial charge in [-0.2, -0.15) is 5.26 Å². The summed E-state index contributed by atoms with van der Waals surface area (Å²) in [5, 5.41) is 8.63. The summed E-state index contributed by atoms with van der Waals surface area (Å²) in [5.74, 6) is -0.0308. The van der Waals surface area contributed by atoms with E-state index in [1.54, 1.807) is 11.9 Å². The van der Waals surface area contributed by atoms with Crippen LogP contribution in [0.2, 0.25) is 0 Å². The molecule has 0 aliphatic rings. The van der Waals surface area contributed by atoms with Gasteiger partial charge in [-0.3, -0.25) is 4.79 Å². The van der Waals surface area contributed by atoms with Gasteiger partial charge in [0.2, 0.25) is 0 Å². The largest absolute Gasteiger partial charge is 0.341 e. The van der Waals surface area contributed by atoms with Crippen LogP contribution in [0, 0.1) is 11.3 Å². The second-order valence-electron chi connectivity index (χ2n) is 4.95. The first-order chi connectivity index (χ1) is 10.2. The van der Waals surface area contributed by atoms with E-state index in [0.29, 0.717) is 18.5 Å². The number of hydrogen-bond acceptors (Lipinski definition) is 2. The monoisotopic (exact) mass is 278 g/mol. The van der Waals surface area contributed by atoms with Gasteiger partial charge in [0.05, 0.1) is 12.5 Å². The van der Waals surface area contributed by atoms with Gasteiger partial charge in [0.1, 0.15) is 0 Å². The molecule has 0 atom stereocenters. The standard InChI is InChI=1S/C18H18N2O/c1-20(13-7-12-19)18(21)17-11-6-5-10-16(17)14-15-8-3-2-4-9-15/h2-6,8-11H,7,13-14H2,1H3. The molecule has 0 bridgehead atoms. The van der Waals surface area contributed by atoms with E-state index in [-0.39, 0.29) is 5.91 Å². The van der Waals surface area contributed by atoms with E-state index in [1.807, 2.05) is 42.5 Å².